The first-order chi connectivity index (χ1) is 7.99. The van der Waals surface area contributed by atoms with Crippen molar-refractivity contribution in [2.45, 2.75) is 56.7 Å². The van der Waals surface area contributed by atoms with Crippen molar-refractivity contribution in [2.75, 3.05) is 5.75 Å². The number of hydrogen-bond acceptors (Lipinski definition) is 3. The van der Waals surface area contributed by atoms with Gasteiger partial charge in [0.05, 0.1) is 4.75 Å². The van der Waals surface area contributed by atoms with Gasteiger partial charge in [-0.2, -0.15) is 0 Å². The molecule has 1 fully saturated rings. The van der Waals surface area contributed by atoms with Crippen LogP contribution in [0.2, 0.25) is 0 Å². The molecule has 0 radical (unpaired) electrons. The number of carbonyl (C=O) groups is 2. The van der Waals surface area contributed by atoms with Crippen LogP contribution in [0.15, 0.2) is 0 Å². The first-order valence-corrected chi connectivity index (χ1v) is 7.16. The Labute approximate surface area is 107 Å². The van der Waals surface area contributed by atoms with E-state index >= 15 is 0 Å². The van der Waals surface area contributed by atoms with Crippen LogP contribution in [0.1, 0.15) is 46.0 Å². The largest absolute Gasteiger partial charge is 0.480 e. The van der Waals surface area contributed by atoms with Crippen LogP contribution in [0.3, 0.4) is 0 Å². The molecule has 1 amide bonds. The smallest absolute Gasteiger partial charge is 0.326 e. The molecule has 0 saturated carbocycles. The summed E-state index contributed by atoms with van der Waals surface area (Å²) in [6.45, 7) is 3.91. The van der Waals surface area contributed by atoms with Gasteiger partial charge < -0.3 is 10.4 Å². The Bertz CT molecular complexity index is 287. The zero-order chi connectivity index (χ0) is 12.9. The van der Waals surface area contributed by atoms with E-state index < -0.39 is 16.8 Å². The Morgan fingerprint density at radius 3 is 2.71 bits per heavy atom. The summed E-state index contributed by atoms with van der Waals surface area (Å²) in [5.74, 6) is -0.0710. The number of amides is 1. The Balaban J connectivity index is 2.54. The Kier molecular flexibility index (Phi) is 5.31. The van der Waals surface area contributed by atoms with E-state index in [0.29, 0.717) is 6.42 Å². The highest BCUT2D eigenvalue weighted by Crippen LogP contribution is 2.37. The molecule has 1 heterocycles. The van der Waals surface area contributed by atoms with E-state index in [0.717, 1.165) is 31.4 Å². The van der Waals surface area contributed by atoms with Crippen LogP contribution in [0.5, 0.6) is 0 Å². The summed E-state index contributed by atoms with van der Waals surface area (Å²) >= 11 is 1.63. The van der Waals surface area contributed by atoms with Crippen LogP contribution in [-0.4, -0.2) is 33.5 Å². The molecular weight excluding hydrogens is 238 g/mol. The first kappa shape index (κ1) is 14.4. The normalized spacial score (nSPS) is 25.5. The lowest BCUT2D eigenvalue weighted by molar-refractivity contribution is -0.142. The summed E-state index contributed by atoms with van der Waals surface area (Å²) < 4.78 is -0.431. The predicted molar refractivity (Wildman–Crippen MR) is 69.2 cm³/mol. The van der Waals surface area contributed by atoms with Gasteiger partial charge in [0, 0.05) is 0 Å². The second-order valence-corrected chi connectivity index (χ2v) is 6.29. The van der Waals surface area contributed by atoms with E-state index in [2.05, 4.69) is 5.32 Å². The zero-order valence-electron chi connectivity index (χ0n) is 10.5. The summed E-state index contributed by atoms with van der Waals surface area (Å²) in [6, 6.07) is -0.736. The van der Waals surface area contributed by atoms with Gasteiger partial charge in [0.25, 0.3) is 0 Å². The Morgan fingerprint density at radius 2 is 2.24 bits per heavy atom. The quantitative estimate of drug-likeness (QED) is 0.766. The van der Waals surface area contributed by atoms with Gasteiger partial charge in [-0.05, 0) is 31.9 Å². The number of carboxylic acid groups (broad SMARTS) is 1. The molecule has 4 nitrogen and oxygen atoms in total. The van der Waals surface area contributed by atoms with Crippen LogP contribution in [0.25, 0.3) is 0 Å². The molecule has 1 rings (SSSR count). The third kappa shape index (κ3) is 3.91. The average Bonchev–Trinajstić information content (AvgIpc) is 2.72. The van der Waals surface area contributed by atoms with E-state index in [4.69, 9.17) is 5.11 Å². The average molecular weight is 259 g/mol. The number of rotatable bonds is 6. The lowest BCUT2D eigenvalue weighted by Crippen LogP contribution is -2.48. The fraction of sp³-hybridized carbons (Fsp3) is 0.833. The maximum atomic E-state index is 12.0. The number of carbonyl (C=O) groups excluding carboxylic acids is 1. The SMILES string of the molecule is CCCC[C@H](NC(=O)C1(C)CCCS1)C(=O)O. The van der Waals surface area contributed by atoms with Crippen molar-refractivity contribution < 1.29 is 14.7 Å². The van der Waals surface area contributed by atoms with Gasteiger partial charge in [-0.1, -0.05) is 19.8 Å². The number of nitrogens with one attached hydrogen (secondary N) is 1. The van der Waals surface area contributed by atoms with Crippen LogP contribution >= 0.6 is 11.8 Å². The maximum absolute atomic E-state index is 12.0. The van der Waals surface area contributed by atoms with Gasteiger partial charge >= 0.3 is 5.97 Å². The third-order valence-electron chi connectivity index (χ3n) is 3.15. The van der Waals surface area contributed by atoms with Gasteiger partial charge in [-0.15, -0.1) is 11.8 Å². The molecule has 0 aliphatic carbocycles. The Morgan fingerprint density at radius 1 is 1.53 bits per heavy atom. The molecule has 0 aromatic carbocycles. The van der Waals surface area contributed by atoms with Crippen molar-refractivity contribution >= 4 is 23.6 Å². The molecule has 2 atom stereocenters. The lowest BCUT2D eigenvalue weighted by Gasteiger charge is -2.24. The summed E-state index contributed by atoms with van der Waals surface area (Å²) in [4.78, 5) is 23.1. The van der Waals surface area contributed by atoms with Crippen LogP contribution < -0.4 is 5.32 Å². The van der Waals surface area contributed by atoms with Crippen LogP contribution in [0, 0.1) is 0 Å². The van der Waals surface area contributed by atoms with E-state index in [-0.39, 0.29) is 5.91 Å². The molecule has 0 aromatic heterocycles. The molecule has 98 valence electrons. The molecule has 1 unspecified atom stereocenters. The number of thioether (sulfide) groups is 1. The van der Waals surface area contributed by atoms with Crippen molar-refractivity contribution in [3.8, 4) is 0 Å². The van der Waals surface area contributed by atoms with Gasteiger partial charge in [0.1, 0.15) is 6.04 Å². The van der Waals surface area contributed by atoms with Crippen LogP contribution in [0.4, 0.5) is 0 Å². The third-order valence-corrected chi connectivity index (χ3v) is 4.67. The molecule has 1 saturated heterocycles. The number of aliphatic carboxylic acids is 1. The molecule has 1 aliphatic rings. The van der Waals surface area contributed by atoms with Gasteiger partial charge in [-0.3, -0.25) is 4.79 Å². The van der Waals surface area contributed by atoms with Crippen molar-refractivity contribution in [1.29, 1.82) is 0 Å². The minimum absolute atomic E-state index is 0.122. The minimum Gasteiger partial charge on any atom is -0.480 e. The fourth-order valence-electron chi connectivity index (χ4n) is 1.93. The number of hydrogen-bond donors (Lipinski definition) is 2. The van der Waals surface area contributed by atoms with Crippen molar-refractivity contribution in [3.63, 3.8) is 0 Å². The molecule has 0 aromatic rings. The topological polar surface area (TPSA) is 66.4 Å². The number of carboxylic acids is 1. The van der Waals surface area contributed by atoms with E-state index in [1.807, 2.05) is 13.8 Å². The van der Waals surface area contributed by atoms with Gasteiger partial charge in [0.15, 0.2) is 0 Å². The maximum Gasteiger partial charge on any atom is 0.326 e. The highest BCUT2D eigenvalue weighted by molar-refractivity contribution is 8.01. The summed E-state index contributed by atoms with van der Waals surface area (Å²) in [5, 5.41) is 11.7. The second kappa shape index (κ2) is 6.28. The summed E-state index contributed by atoms with van der Waals surface area (Å²) in [5.41, 5.74) is 0. The van der Waals surface area contributed by atoms with Crippen molar-refractivity contribution in [3.05, 3.63) is 0 Å². The second-order valence-electron chi connectivity index (χ2n) is 4.69. The monoisotopic (exact) mass is 259 g/mol. The van der Waals surface area contributed by atoms with E-state index in [1.165, 1.54) is 0 Å². The molecule has 2 N–H and O–H groups in total. The molecular formula is C12H21NO3S. The molecule has 17 heavy (non-hydrogen) atoms. The highest BCUT2D eigenvalue weighted by atomic mass is 32.2. The van der Waals surface area contributed by atoms with E-state index in [1.54, 1.807) is 11.8 Å². The van der Waals surface area contributed by atoms with Gasteiger partial charge in [-0.25, -0.2) is 4.79 Å². The fourth-order valence-corrected chi connectivity index (χ4v) is 3.15. The zero-order valence-corrected chi connectivity index (χ0v) is 11.3. The molecule has 1 aliphatic heterocycles. The van der Waals surface area contributed by atoms with Gasteiger partial charge in [0.2, 0.25) is 5.91 Å². The Hall–Kier alpha value is -0.710. The first-order valence-electron chi connectivity index (χ1n) is 6.17. The van der Waals surface area contributed by atoms with Crippen LogP contribution in [-0.2, 0) is 9.59 Å². The van der Waals surface area contributed by atoms with Crippen molar-refractivity contribution in [1.82, 2.24) is 5.32 Å². The molecule has 0 bridgehead atoms. The van der Waals surface area contributed by atoms with E-state index in [9.17, 15) is 9.59 Å². The molecule has 0 spiro atoms. The summed E-state index contributed by atoms with van der Waals surface area (Å²) in [6.07, 6.45) is 4.13. The lowest BCUT2D eigenvalue weighted by atomic mass is 10.0. The summed E-state index contributed by atoms with van der Waals surface area (Å²) in [7, 11) is 0. The predicted octanol–water partition coefficient (Wildman–Crippen LogP) is 2.03. The van der Waals surface area contributed by atoms with Crippen molar-refractivity contribution in [2.24, 2.45) is 0 Å². The standard InChI is InChI=1S/C12H21NO3S/c1-3-4-6-9(10(14)15)13-11(16)12(2)7-5-8-17-12/h9H,3-8H2,1-2H3,(H,13,16)(H,14,15)/t9-,12?/m0/s1. The number of unbranched alkanes of at least 4 members (excludes halogenated alkanes) is 1. The highest BCUT2D eigenvalue weighted by Gasteiger charge is 2.38. The minimum atomic E-state index is -0.932. The molecule has 5 heteroatoms.